The molecule has 2 aromatic rings. The van der Waals surface area contributed by atoms with E-state index in [9.17, 15) is 18.0 Å². The SMILES string of the molecule is CC(OC(=O)c1ccccc1NCCO)C(=O)Nc1ccc(S(N)(=O)=O)cc1. The highest BCUT2D eigenvalue weighted by Crippen LogP contribution is 2.17. The first-order valence-electron chi connectivity index (χ1n) is 8.31. The third-order valence-corrected chi connectivity index (χ3v) is 4.61. The van der Waals surface area contributed by atoms with Crippen molar-refractivity contribution in [1.82, 2.24) is 0 Å². The van der Waals surface area contributed by atoms with Crippen LogP contribution in [0.4, 0.5) is 11.4 Å². The van der Waals surface area contributed by atoms with Crippen molar-refractivity contribution in [2.75, 3.05) is 23.8 Å². The fourth-order valence-corrected chi connectivity index (χ4v) is 2.77. The number of carbonyl (C=O) groups excluding carboxylic acids is 2. The highest BCUT2D eigenvalue weighted by atomic mass is 32.2. The minimum Gasteiger partial charge on any atom is -0.449 e. The lowest BCUT2D eigenvalue weighted by atomic mass is 10.1. The molecule has 0 radical (unpaired) electrons. The Morgan fingerprint density at radius 1 is 1.14 bits per heavy atom. The largest absolute Gasteiger partial charge is 0.449 e. The predicted octanol–water partition coefficient (Wildman–Crippen LogP) is 0.922. The van der Waals surface area contributed by atoms with Crippen LogP contribution in [-0.2, 0) is 19.6 Å². The molecule has 0 bridgehead atoms. The maximum Gasteiger partial charge on any atom is 0.341 e. The van der Waals surface area contributed by atoms with E-state index in [2.05, 4.69) is 10.6 Å². The summed E-state index contributed by atoms with van der Waals surface area (Å²) in [4.78, 5) is 24.5. The quantitative estimate of drug-likeness (QED) is 0.476. The van der Waals surface area contributed by atoms with Crippen molar-refractivity contribution < 1.29 is 27.9 Å². The average Bonchev–Trinajstić information content (AvgIpc) is 2.66. The van der Waals surface area contributed by atoms with Gasteiger partial charge >= 0.3 is 5.97 Å². The summed E-state index contributed by atoms with van der Waals surface area (Å²) in [5.41, 5.74) is 1.03. The van der Waals surface area contributed by atoms with E-state index in [1.807, 2.05) is 0 Å². The summed E-state index contributed by atoms with van der Waals surface area (Å²) in [6, 6.07) is 11.8. The van der Waals surface area contributed by atoms with Gasteiger partial charge in [0.2, 0.25) is 10.0 Å². The number of sulfonamides is 1. The molecule has 0 aliphatic carbocycles. The number of amides is 1. The van der Waals surface area contributed by atoms with Crippen LogP contribution in [0.5, 0.6) is 0 Å². The molecule has 0 fully saturated rings. The van der Waals surface area contributed by atoms with E-state index < -0.39 is 28.0 Å². The monoisotopic (exact) mass is 407 g/mol. The third-order valence-electron chi connectivity index (χ3n) is 3.68. The minimum atomic E-state index is -3.83. The molecule has 0 saturated heterocycles. The normalized spacial score (nSPS) is 12.1. The lowest BCUT2D eigenvalue weighted by molar-refractivity contribution is -0.123. The van der Waals surface area contributed by atoms with Crippen molar-refractivity contribution in [3.8, 4) is 0 Å². The second-order valence-electron chi connectivity index (χ2n) is 5.80. The standard InChI is InChI=1S/C18H21N3O6S/c1-12(17(23)21-13-6-8-14(9-7-13)28(19,25)26)27-18(24)15-4-2-3-5-16(15)20-10-11-22/h2-9,12,20,22H,10-11H2,1H3,(H,21,23)(H2,19,25,26). The van der Waals surface area contributed by atoms with E-state index in [4.69, 9.17) is 15.0 Å². The number of hydrogen-bond donors (Lipinski definition) is 4. The average molecular weight is 407 g/mol. The number of benzene rings is 2. The number of rotatable bonds is 8. The Morgan fingerprint density at radius 3 is 2.39 bits per heavy atom. The molecule has 1 unspecified atom stereocenters. The molecule has 0 aromatic heterocycles. The first-order valence-corrected chi connectivity index (χ1v) is 9.85. The molecule has 10 heteroatoms. The molecular formula is C18H21N3O6S. The van der Waals surface area contributed by atoms with Crippen LogP contribution < -0.4 is 15.8 Å². The molecule has 5 N–H and O–H groups in total. The number of ether oxygens (including phenoxy) is 1. The molecule has 0 aliphatic heterocycles. The van der Waals surface area contributed by atoms with Gasteiger partial charge in [0.25, 0.3) is 5.91 Å². The second-order valence-corrected chi connectivity index (χ2v) is 7.36. The van der Waals surface area contributed by atoms with E-state index in [-0.39, 0.29) is 23.6 Å². The molecule has 2 aromatic carbocycles. The maximum absolute atomic E-state index is 12.4. The third kappa shape index (κ3) is 5.78. The van der Waals surface area contributed by atoms with Crippen LogP contribution in [-0.4, -0.2) is 44.7 Å². The highest BCUT2D eigenvalue weighted by molar-refractivity contribution is 7.89. The molecule has 150 valence electrons. The summed E-state index contributed by atoms with van der Waals surface area (Å²) in [6.07, 6.45) is -1.10. The first-order chi connectivity index (χ1) is 13.2. The van der Waals surface area contributed by atoms with E-state index in [0.717, 1.165) is 0 Å². The highest BCUT2D eigenvalue weighted by Gasteiger charge is 2.21. The Hall–Kier alpha value is -2.95. The van der Waals surface area contributed by atoms with Gasteiger partial charge < -0.3 is 20.5 Å². The topological polar surface area (TPSA) is 148 Å². The first kappa shape index (κ1) is 21.4. The Labute approximate surface area is 162 Å². The van der Waals surface area contributed by atoms with E-state index in [0.29, 0.717) is 11.4 Å². The summed E-state index contributed by atoms with van der Waals surface area (Å²) in [7, 11) is -3.83. The van der Waals surface area contributed by atoms with Crippen molar-refractivity contribution in [1.29, 1.82) is 0 Å². The van der Waals surface area contributed by atoms with Crippen LogP contribution in [0.1, 0.15) is 17.3 Å². The zero-order valence-corrected chi connectivity index (χ0v) is 15.9. The van der Waals surface area contributed by atoms with Crippen molar-refractivity contribution in [2.45, 2.75) is 17.9 Å². The molecule has 0 heterocycles. The maximum atomic E-state index is 12.4. The van der Waals surface area contributed by atoms with Crippen molar-refractivity contribution >= 4 is 33.3 Å². The molecule has 0 spiro atoms. The van der Waals surface area contributed by atoms with E-state index in [1.165, 1.54) is 31.2 Å². The molecule has 0 aliphatic rings. The smallest absolute Gasteiger partial charge is 0.341 e. The second kappa shape index (κ2) is 9.31. The Kier molecular flexibility index (Phi) is 7.10. The number of carbonyl (C=O) groups is 2. The van der Waals surface area contributed by atoms with Crippen LogP contribution >= 0.6 is 0 Å². The van der Waals surface area contributed by atoms with E-state index in [1.54, 1.807) is 24.3 Å². The number of aliphatic hydroxyl groups excluding tert-OH is 1. The zero-order valence-electron chi connectivity index (χ0n) is 15.1. The Bertz CT molecular complexity index is 944. The molecule has 1 atom stereocenters. The Morgan fingerprint density at radius 2 is 1.79 bits per heavy atom. The van der Waals surface area contributed by atoms with Gasteiger partial charge in [-0.3, -0.25) is 4.79 Å². The number of nitrogens with two attached hydrogens (primary N) is 1. The van der Waals surface area contributed by atoms with Crippen molar-refractivity contribution in [3.05, 3.63) is 54.1 Å². The molecular weight excluding hydrogens is 386 g/mol. The number of anilines is 2. The number of primary sulfonamides is 1. The fourth-order valence-electron chi connectivity index (χ4n) is 2.26. The van der Waals surface area contributed by atoms with Crippen LogP contribution in [0.2, 0.25) is 0 Å². The van der Waals surface area contributed by atoms with Crippen LogP contribution in [0.3, 0.4) is 0 Å². The molecule has 28 heavy (non-hydrogen) atoms. The molecule has 9 nitrogen and oxygen atoms in total. The van der Waals surface area contributed by atoms with Gasteiger partial charge in [-0.15, -0.1) is 0 Å². The van der Waals surface area contributed by atoms with Gasteiger partial charge in [-0.1, -0.05) is 12.1 Å². The van der Waals surface area contributed by atoms with Gasteiger partial charge in [0.05, 0.1) is 17.1 Å². The fraction of sp³-hybridized carbons (Fsp3) is 0.222. The van der Waals surface area contributed by atoms with Gasteiger partial charge in [-0.2, -0.15) is 0 Å². The van der Waals surface area contributed by atoms with Gasteiger partial charge in [-0.25, -0.2) is 18.4 Å². The number of aliphatic hydroxyl groups is 1. The van der Waals surface area contributed by atoms with Crippen molar-refractivity contribution in [3.63, 3.8) is 0 Å². The van der Waals surface area contributed by atoms with E-state index >= 15 is 0 Å². The summed E-state index contributed by atoms with van der Waals surface area (Å²) < 4.78 is 27.7. The lowest BCUT2D eigenvalue weighted by Crippen LogP contribution is -2.30. The van der Waals surface area contributed by atoms with Crippen molar-refractivity contribution in [2.24, 2.45) is 5.14 Å². The number of nitrogens with one attached hydrogen (secondary N) is 2. The van der Waals surface area contributed by atoms with Crippen LogP contribution in [0.15, 0.2) is 53.4 Å². The van der Waals surface area contributed by atoms with Crippen LogP contribution in [0.25, 0.3) is 0 Å². The molecule has 2 rings (SSSR count). The summed E-state index contributed by atoms with van der Waals surface area (Å²) >= 11 is 0. The number of esters is 1. The van der Waals surface area contributed by atoms with Gasteiger partial charge in [0.1, 0.15) is 0 Å². The van der Waals surface area contributed by atoms with Crippen LogP contribution in [0, 0.1) is 0 Å². The number of hydrogen-bond acceptors (Lipinski definition) is 7. The van der Waals surface area contributed by atoms with Gasteiger partial charge in [0, 0.05) is 17.9 Å². The Balaban J connectivity index is 2.01. The van der Waals surface area contributed by atoms with Gasteiger partial charge in [0.15, 0.2) is 6.10 Å². The predicted molar refractivity (Wildman–Crippen MR) is 103 cm³/mol. The summed E-state index contributed by atoms with van der Waals surface area (Å²) in [5.74, 6) is -1.29. The summed E-state index contributed by atoms with van der Waals surface area (Å²) in [5, 5.41) is 19.3. The summed E-state index contributed by atoms with van der Waals surface area (Å²) in [6.45, 7) is 1.57. The molecule has 1 amide bonds. The van der Waals surface area contributed by atoms with Gasteiger partial charge in [-0.05, 0) is 43.3 Å². The zero-order chi connectivity index (χ0) is 20.7. The number of para-hydroxylation sites is 1. The molecule has 0 saturated carbocycles. The minimum absolute atomic E-state index is 0.0861. The lowest BCUT2D eigenvalue weighted by Gasteiger charge is -2.15.